The molecule has 3 N–H and O–H groups in total. The van der Waals surface area contributed by atoms with Gasteiger partial charge >= 0.3 is 0 Å². The molecule has 1 fully saturated rings. The zero-order valence-corrected chi connectivity index (χ0v) is 19.4. The van der Waals surface area contributed by atoms with Crippen molar-refractivity contribution >= 4 is 11.9 Å². The maximum atomic E-state index is 12.6. The second-order valence-electron chi connectivity index (χ2n) is 10.9. The summed E-state index contributed by atoms with van der Waals surface area (Å²) in [7, 11) is 0. The number of benzene rings is 1. The van der Waals surface area contributed by atoms with E-state index in [1.165, 1.54) is 37.7 Å². The average Bonchev–Trinajstić information content (AvgIpc) is 3.16. The van der Waals surface area contributed by atoms with E-state index in [4.69, 9.17) is 20.2 Å². The lowest BCUT2D eigenvalue weighted by molar-refractivity contribution is -0.129. The number of fused-ring (bicyclic) bond motifs is 4. The van der Waals surface area contributed by atoms with Crippen molar-refractivity contribution in [1.82, 2.24) is 5.32 Å². The van der Waals surface area contributed by atoms with Gasteiger partial charge in [0.2, 0.25) is 5.91 Å². The molecule has 6 nitrogen and oxygen atoms in total. The van der Waals surface area contributed by atoms with Gasteiger partial charge in [0.05, 0.1) is 5.92 Å². The van der Waals surface area contributed by atoms with Crippen LogP contribution >= 0.6 is 0 Å². The van der Waals surface area contributed by atoms with Crippen molar-refractivity contribution < 1.29 is 14.3 Å². The maximum absolute atomic E-state index is 12.6. The third-order valence-electron chi connectivity index (χ3n) is 7.58. The smallest absolute Gasteiger partial charge is 0.283 e. The molecule has 1 aromatic carbocycles. The third kappa shape index (κ3) is 3.67. The quantitative estimate of drug-likeness (QED) is 0.714. The highest BCUT2D eigenvalue weighted by Gasteiger charge is 2.54. The minimum atomic E-state index is -0.598. The Morgan fingerprint density at radius 1 is 1.22 bits per heavy atom. The fourth-order valence-electron chi connectivity index (χ4n) is 5.70. The monoisotopic (exact) mass is 437 g/mol. The Kier molecular flexibility index (Phi) is 5.22. The van der Waals surface area contributed by atoms with Gasteiger partial charge < -0.3 is 20.5 Å². The molecule has 0 saturated heterocycles. The molecule has 1 amide bonds. The fourth-order valence-corrected chi connectivity index (χ4v) is 5.70. The predicted molar refractivity (Wildman–Crippen MR) is 124 cm³/mol. The van der Waals surface area contributed by atoms with Crippen LogP contribution in [-0.4, -0.2) is 24.6 Å². The van der Waals surface area contributed by atoms with E-state index < -0.39 is 11.0 Å². The Morgan fingerprint density at radius 3 is 2.69 bits per heavy atom. The molecule has 1 spiro atoms. The predicted octanol–water partition coefficient (Wildman–Crippen LogP) is 4.49. The summed E-state index contributed by atoms with van der Waals surface area (Å²) in [5, 5.41) is 3.24. The molecule has 1 unspecified atom stereocenters. The molecule has 32 heavy (non-hydrogen) atoms. The van der Waals surface area contributed by atoms with Crippen molar-refractivity contribution in [3.63, 3.8) is 0 Å². The zero-order chi connectivity index (χ0) is 22.5. The summed E-state index contributed by atoms with van der Waals surface area (Å²) < 4.78 is 12.2. The van der Waals surface area contributed by atoms with E-state index in [0.717, 1.165) is 29.9 Å². The normalized spacial score (nSPS) is 29.8. The molecule has 0 bridgehead atoms. The van der Waals surface area contributed by atoms with E-state index in [2.05, 4.69) is 29.6 Å². The first-order valence-corrected chi connectivity index (χ1v) is 12.1. The Morgan fingerprint density at radius 2 is 2.00 bits per heavy atom. The number of hydrogen-bond donors (Lipinski definition) is 2. The second kappa shape index (κ2) is 7.82. The van der Waals surface area contributed by atoms with E-state index in [1.54, 1.807) is 0 Å². The standard InChI is InChI=1S/C26H35N3O3/c1-25(2,3)23(30)28-18-10-12-22-20(14-18)26(15-31-24(27)29-26)19-13-17(9-11-21(19)32-22)16-7-5-4-6-8-16/h9,11-13,16,18,20H,4-8,10,14-15H2,1-3H3,(H2,27,29)(H,28,30)/t18-,20-,26?/m0/s1. The van der Waals surface area contributed by atoms with Crippen LogP contribution in [0, 0.1) is 11.3 Å². The second-order valence-corrected chi connectivity index (χ2v) is 10.9. The van der Waals surface area contributed by atoms with E-state index in [9.17, 15) is 4.79 Å². The van der Waals surface area contributed by atoms with Gasteiger partial charge in [-0.25, -0.2) is 4.99 Å². The topological polar surface area (TPSA) is 85.9 Å². The number of amidine groups is 1. The first kappa shape index (κ1) is 21.4. The van der Waals surface area contributed by atoms with Gasteiger partial charge in [-0.1, -0.05) is 46.1 Å². The summed E-state index contributed by atoms with van der Waals surface area (Å²) in [6.45, 7) is 6.23. The number of rotatable bonds is 2. The van der Waals surface area contributed by atoms with Crippen molar-refractivity contribution in [1.29, 1.82) is 0 Å². The highest BCUT2D eigenvalue weighted by Crippen LogP contribution is 2.53. The summed E-state index contributed by atoms with van der Waals surface area (Å²) in [5.74, 6) is 2.42. The molecule has 172 valence electrons. The third-order valence-corrected chi connectivity index (χ3v) is 7.58. The van der Waals surface area contributed by atoms with Gasteiger partial charge in [0.1, 0.15) is 23.7 Å². The van der Waals surface area contributed by atoms with Crippen LogP contribution < -0.4 is 15.8 Å². The number of nitrogens with zero attached hydrogens (tertiary/aromatic N) is 1. The molecule has 1 aromatic rings. The van der Waals surface area contributed by atoms with Crippen molar-refractivity contribution in [3.05, 3.63) is 41.2 Å². The molecule has 5 rings (SSSR count). The molecule has 2 aliphatic heterocycles. The number of carbonyl (C=O) groups is 1. The minimum Gasteiger partial charge on any atom is -0.462 e. The highest BCUT2D eigenvalue weighted by atomic mass is 16.5. The van der Waals surface area contributed by atoms with Crippen LogP contribution in [0.2, 0.25) is 0 Å². The molecule has 4 aliphatic rings. The minimum absolute atomic E-state index is 0.0170. The summed E-state index contributed by atoms with van der Waals surface area (Å²) >= 11 is 0. The fraction of sp³-hybridized carbons (Fsp3) is 0.615. The molecular formula is C26H35N3O3. The molecule has 6 heteroatoms. The lowest BCUT2D eigenvalue weighted by Crippen LogP contribution is -2.49. The Labute approximate surface area is 190 Å². The number of carbonyl (C=O) groups excluding carboxylic acids is 1. The van der Waals surface area contributed by atoms with E-state index in [-0.39, 0.29) is 23.9 Å². The van der Waals surface area contributed by atoms with Crippen molar-refractivity contribution in [2.75, 3.05) is 6.61 Å². The summed E-state index contributed by atoms with van der Waals surface area (Å²) in [6.07, 6.45) is 10.0. The van der Waals surface area contributed by atoms with Crippen molar-refractivity contribution in [3.8, 4) is 5.75 Å². The number of aliphatic imine (C=N–C) groups is 1. The van der Waals surface area contributed by atoms with Crippen LogP contribution in [0.4, 0.5) is 0 Å². The average molecular weight is 438 g/mol. The van der Waals surface area contributed by atoms with Crippen LogP contribution in [0.15, 0.2) is 35.0 Å². The largest absolute Gasteiger partial charge is 0.462 e. The number of ether oxygens (including phenoxy) is 2. The first-order valence-electron chi connectivity index (χ1n) is 12.1. The zero-order valence-electron chi connectivity index (χ0n) is 19.4. The van der Waals surface area contributed by atoms with Crippen molar-refractivity contribution in [2.45, 2.75) is 83.2 Å². The van der Waals surface area contributed by atoms with Gasteiger partial charge in [0.15, 0.2) is 0 Å². The highest BCUT2D eigenvalue weighted by molar-refractivity contribution is 5.81. The SMILES string of the molecule is CC(C)(C)C(=O)N[C@H]1CC=C2Oc3ccc(C4CCCCC4)cc3C3(COC(N)=N3)[C@H]2C1. The number of nitrogens with two attached hydrogens (primary N) is 1. The lowest BCUT2D eigenvalue weighted by Gasteiger charge is -2.44. The first-order chi connectivity index (χ1) is 15.3. The van der Waals surface area contributed by atoms with Gasteiger partial charge in [-0.15, -0.1) is 0 Å². The van der Waals surface area contributed by atoms with Gasteiger partial charge in [-0.3, -0.25) is 4.79 Å². The van der Waals surface area contributed by atoms with Gasteiger partial charge in [-0.05, 0) is 55.4 Å². The van der Waals surface area contributed by atoms with E-state index in [0.29, 0.717) is 12.5 Å². The lowest BCUT2D eigenvalue weighted by atomic mass is 9.69. The number of nitrogens with one attached hydrogen (secondary N) is 1. The van der Waals surface area contributed by atoms with Crippen LogP contribution in [-0.2, 0) is 15.1 Å². The Bertz CT molecular complexity index is 971. The Balaban J connectivity index is 1.50. The van der Waals surface area contributed by atoms with Crippen LogP contribution in [0.25, 0.3) is 0 Å². The maximum Gasteiger partial charge on any atom is 0.283 e. The summed E-state index contributed by atoms with van der Waals surface area (Å²) in [6, 6.07) is 6.90. The molecule has 0 radical (unpaired) electrons. The number of amides is 1. The Hall–Kier alpha value is -2.50. The van der Waals surface area contributed by atoms with Gasteiger partial charge in [0, 0.05) is 17.0 Å². The van der Waals surface area contributed by atoms with Crippen LogP contribution in [0.3, 0.4) is 0 Å². The van der Waals surface area contributed by atoms with Crippen molar-refractivity contribution in [2.24, 2.45) is 22.1 Å². The van der Waals surface area contributed by atoms with Crippen LogP contribution in [0.1, 0.15) is 82.8 Å². The molecule has 1 saturated carbocycles. The molecular weight excluding hydrogens is 402 g/mol. The summed E-state index contributed by atoms with van der Waals surface area (Å²) in [4.78, 5) is 17.5. The molecule has 3 atom stereocenters. The van der Waals surface area contributed by atoms with E-state index >= 15 is 0 Å². The van der Waals surface area contributed by atoms with Crippen LogP contribution in [0.5, 0.6) is 5.75 Å². The summed E-state index contributed by atoms with van der Waals surface area (Å²) in [5.41, 5.74) is 7.49. The van der Waals surface area contributed by atoms with Gasteiger partial charge in [0.25, 0.3) is 6.02 Å². The number of hydrogen-bond acceptors (Lipinski definition) is 5. The molecule has 0 aromatic heterocycles. The molecule has 2 aliphatic carbocycles. The van der Waals surface area contributed by atoms with E-state index in [1.807, 2.05) is 20.8 Å². The molecule has 2 heterocycles. The van der Waals surface area contributed by atoms with Gasteiger partial charge in [-0.2, -0.15) is 0 Å².